The van der Waals surface area contributed by atoms with Gasteiger partial charge in [-0.25, -0.2) is 0 Å². The maximum Gasteiger partial charge on any atom is 0.241 e. The second-order valence-corrected chi connectivity index (χ2v) is 5.82. The molecule has 1 aromatic rings. The normalized spacial score (nSPS) is 28.5. The largest absolute Gasteiger partial charge is 0.488 e. The summed E-state index contributed by atoms with van der Waals surface area (Å²) in [6.07, 6.45) is 4.29. The summed E-state index contributed by atoms with van der Waals surface area (Å²) < 4.78 is 5.83. The van der Waals surface area contributed by atoms with Crippen LogP contribution in [0.3, 0.4) is 0 Å². The molecule has 1 saturated heterocycles. The van der Waals surface area contributed by atoms with E-state index in [1.165, 1.54) is 0 Å². The molecular weight excluding hydrogens is 268 g/mol. The number of amides is 1. The summed E-state index contributed by atoms with van der Waals surface area (Å²) in [5.41, 5.74) is 0.769. The lowest BCUT2D eigenvalue weighted by atomic mass is 9.95. The van der Waals surface area contributed by atoms with Crippen molar-refractivity contribution in [2.45, 2.75) is 50.4 Å². The lowest BCUT2D eigenvalue weighted by molar-refractivity contribution is -0.119. The zero-order valence-electron chi connectivity index (χ0n) is 12.0. The van der Waals surface area contributed by atoms with E-state index in [-0.39, 0.29) is 24.2 Å². The van der Waals surface area contributed by atoms with Gasteiger partial charge in [0.25, 0.3) is 0 Å². The molecule has 1 aliphatic carbocycles. The number of carbonyl (C=O) groups excluding carboxylic acids is 1. The standard InChI is InChI=1S/C16H22N2O3/c19-14-3-1-2-4-15(14)21-12-7-5-11(6-8-12)18-16(20)13-9-10-17-13/h5-8,13-15,17,19H,1-4,9-10H2,(H,18,20)/t13-,14?,15?/m1/s1. The summed E-state index contributed by atoms with van der Waals surface area (Å²) in [5, 5.41) is 15.9. The van der Waals surface area contributed by atoms with Crippen LogP contribution in [0.15, 0.2) is 24.3 Å². The highest BCUT2D eigenvalue weighted by molar-refractivity contribution is 5.95. The van der Waals surface area contributed by atoms with E-state index >= 15 is 0 Å². The van der Waals surface area contributed by atoms with Crippen molar-refractivity contribution in [2.75, 3.05) is 11.9 Å². The van der Waals surface area contributed by atoms with Gasteiger partial charge in [-0.2, -0.15) is 0 Å². The minimum Gasteiger partial charge on any atom is -0.488 e. The van der Waals surface area contributed by atoms with E-state index in [4.69, 9.17) is 4.74 Å². The average molecular weight is 290 g/mol. The number of carbonyl (C=O) groups is 1. The molecule has 3 N–H and O–H groups in total. The highest BCUT2D eigenvalue weighted by atomic mass is 16.5. The predicted octanol–water partition coefficient (Wildman–Crippen LogP) is 1.67. The van der Waals surface area contributed by atoms with E-state index in [0.717, 1.165) is 50.1 Å². The molecule has 0 bridgehead atoms. The highest BCUT2D eigenvalue weighted by Crippen LogP contribution is 2.25. The first-order valence-corrected chi connectivity index (χ1v) is 7.71. The van der Waals surface area contributed by atoms with Crippen molar-refractivity contribution in [3.05, 3.63) is 24.3 Å². The Labute approximate surface area is 124 Å². The van der Waals surface area contributed by atoms with Crippen molar-refractivity contribution in [2.24, 2.45) is 0 Å². The Kier molecular flexibility index (Phi) is 4.41. The van der Waals surface area contributed by atoms with Crippen LogP contribution in [-0.4, -0.2) is 35.8 Å². The van der Waals surface area contributed by atoms with Gasteiger partial charge < -0.3 is 20.5 Å². The van der Waals surface area contributed by atoms with Crippen molar-refractivity contribution >= 4 is 11.6 Å². The van der Waals surface area contributed by atoms with Crippen LogP contribution in [0.25, 0.3) is 0 Å². The summed E-state index contributed by atoms with van der Waals surface area (Å²) in [5.74, 6) is 0.748. The predicted molar refractivity (Wildman–Crippen MR) is 80.4 cm³/mol. The van der Waals surface area contributed by atoms with Crippen molar-refractivity contribution in [3.8, 4) is 5.75 Å². The van der Waals surface area contributed by atoms with Gasteiger partial charge in [0, 0.05) is 5.69 Å². The Morgan fingerprint density at radius 1 is 1.19 bits per heavy atom. The van der Waals surface area contributed by atoms with Gasteiger partial charge in [0.2, 0.25) is 5.91 Å². The number of aliphatic hydroxyl groups is 1. The van der Waals surface area contributed by atoms with Crippen LogP contribution in [0.5, 0.6) is 5.75 Å². The Hall–Kier alpha value is -1.59. The van der Waals surface area contributed by atoms with Gasteiger partial charge in [0.15, 0.2) is 0 Å². The van der Waals surface area contributed by atoms with Crippen LogP contribution in [-0.2, 0) is 4.79 Å². The third-order valence-electron chi connectivity index (χ3n) is 4.22. The van der Waals surface area contributed by atoms with Crippen LogP contribution < -0.4 is 15.4 Å². The maximum atomic E-state index is 11.8. The van der Waals surface area contributed by atoms with Crippen LogP contribution in [0.2, 0.25) is 0 Å². The number of anilines is 1. The molecule has 3 atom stereocenters. The molecule has 5 nitrogen and oxygen atoms in total. The Balaban J connectivity index is 1.54. The lowest BCUT2D eigenvalue weighted by Gasteiger charge is -2.28. The topological polar surface area (TPSA) is 70.6 Å². The zero-order valence-corrected chi connectivity index (χ0v) is 12.0. The number of hydrogen-bond acceptors (Lipinski definition) is 4. The molecule has 1 saturated carbocycles. The molecule has 2 fully saturated rings. The van der Waals surface area contributed by atoms with E-state index in [1.807, 2.05) is 24.3 Å². The fourth-order valence-electron chi connectivity index (χ4n) is 2.75. The van der Waals surface area contributed by atoms with Gasteiger partial charge in [0.1, 0.15) is 11.9 Å². The number of nitrogens with one attached hydrogen (secondary N) is 2. The number of rotatable bonds is 4. The van der Waals surface area contributed by atoms with Gasteiger partial charge in [0.05, 0.1) is 12.1 Å². The van der Waals surface area contributed by atoms with E-state index in [1.54, 1.807) is 0 Å². The summed E-state index contributed by atoms with van der Waals surface area (Å²) in [4.78, 5) is 11.8. The van der Waals surface area contributed by atoms with Gasteiger partial charge in [-0.15, -0.1) is 0 Å². The minimum atomic E-state index is -0.372. The number of aliphatic hydroxyl groups excluding tert-OH is 1. The first kappa shape index (κ1) is 14.4. The molecule has 1 amide bonds. The average Bonchev–Trinajstić information content (AvgIpc) is 2.41. The second kappa shape index (κ2) is 6.45. The van der Waals surface area contributed by atoms with Gasteiger partial charge >= 0.3 is 0 Å². The van der Waals surface area contributed by atoms with E-state index in [2.05, 4.69) is 10.6 Å². The second-order valence-electron chi connectivity index (χ2n) is 5.82. The van der Waals surface area contributed by atoms with Crippen molar-refractivity contribution in [1.82, 2.24) is 5.32 Å². The smallest absolute Gasteiger partial charge is 0.241 e. The summed E-state index contributed by atoms with van der Waals surface area (Å²) >= 11 is 0. The van der Waals surface area contributed by atoms with E-state index < -0.39 is 0 Å². The number of hydrogen-bond donors (Lipinski definition) is 3. The van der Waals surface area contributed by atoms with Gasteiger partial charge in [-0.1, -0.05) is 6.42 Å². The van der Waals surface area contributed by atoms with Crippen LogP contribution >= 0.6 is 0 Å². The Morgan fingerprint density at radius 3 is 2.52 bits per heavy atom. The third-order valence-corrected chi connectivity index (χ3v) is 4.22. The molecule has 3 rings (SSSR count). The Bertz CT molecular complexity index is 485. The minimum absolute atomic E-state index is 0.0117. The van der Waals surface area contributed by atoms with Gasteiger partial charge in [-0.3, -0.25) is 4.79 Å². The zero-order chi connectivity index (χ0) is 14.7. The Morgan fingerprint density at radius 2 is 1.90 bits per heavy atom. The fourth-order valence-corrected chi connectivity index (χ4v) is 2.75. The van der Waals surface area contributed by atoms with E-state index in [9.17, 15) is 9.90 Å². The number of benzene rings is 1. The molecule has 2 aliphatic rings. The third kappa shape index (κ3) is 3.54. The summed E-state index contributed by atoms with van der Waals surface area (Å²) in [7, 11) is 0. The number of ether oxygens (including phenoxy) is 1. The molecule has 0 spiro atoms. The highest BCUT2D eigenvalue weighted by Gasteiger charge is 2.25. The fraction of sp³-hybridized carbons (Fsp3) is 0.562. The van der Waals surface area contributed by atoms with Crippen molar-refractivity contribution in [3.63, 3.8) is 0 Å². The molecule has 2 unspecified atom stereocenters. The molecule has 21 heavy (non-hydrogen) atoms. The first-order valence-electron chi connectivity index (χ1n) is 7.71. The van der Waals surface area contributed by atoms with Crippen LogP contribution in [0, 0.1) is 0 Å². The summed E-state index contributed by atoms with van der Waals surface area (Å²) in [6, 6.07) is 7.29. The molecule has 1 heterocycles. The van der Waals surface area contributed by atoms with Crippen LogP contribution in [0.4, 0.5) is 5.69 Å². The molecule has 1 aliphatic heterocycles. The quantitative estimate of drug-likeness (QED) is 0.789. The van der Waals surface area contributed by atoms with Crippen LogP contribution in [0.1, 0.15) is 32.1 Å². The van der Waals surface area contributed by atoms with Gasteiger partial charge in [-0.05, 0) is 56.5 Å². The van der Waals surface area contributed by atoms with E-state index in [0.29, 0.717) is 0 Å². The molecular formula is C16H22N2O3. The van der Waals surface area contributed by atoms with Crippen molar-refractivity contribution < 1.29 is 14.6 Å². The first-order chi connectivity index (χ1) is 10.2. The SMILES string of the molecule is O=C(Nc1ccc(OC2CCCCC2O)cc1)[C@H]1CCN1. The molecule has 5 heteroatoms. The molecule has 0 radical (unpaired) electrons. The lowest BCUT2D eigenvalue weighted by Crippen LogP contribution is -2.50. The maximum absolute atomic E-state index is 11.8. The molecule has 114 valence electrons. The monoisotopic (exact) mass is 290 g/mol. The molecule has 0 aromatic heterocycles. The summed E-state index contributed by atoms with van der Waals surface area (Å²) in [6.45, 7) is 0.911. The van der Waals surface area contributed by atoms with Crippen molar-refractivity contribution in [1.29, 1.82) is 0 Å². The molecule has 1 aromatic carbocycles.